The van der Waals surface area contributed by atoms with Crippen LogP contribution in [0.25, 0.3) is 0 Å². The lowest BCUT2D eigenvalue weighted by Gasteiger charge is -2.46. The summed E-state index contributed by atoms with van der Waals surface area (Å²) in [6.45, 7) is 2.69. The molecule has 2 fully saturated rings. The van der Waals surface area contributed by atoms with Gasteiger partial charge in [0.1, 0.15) is 48.8 Å². The molecule has 0 radical (unpaired) electrons. The molecule has 2 aliphatic rings. The minimum atomic E-state index is -1.80. The van der Waals surface area contributed by atoms with Crippen LogP contribution in [-0.4, -0.2) is 140 Å². The van der Waals surface area contributed by atoms with Gasteiger partial charge < -0.3 is 65.1 Å². The van der Waals surface area contributed by atoms with Crippen LogP contribution in [0.3, 0.4) is 0 Å². The van der Waals surface area contributed by atoms with Crippen LogP contribution in [-0.2, 0) is 23.7 Å². The average molecular weight is 1380 g/mol. The van der Waals surface area contributed by atoms with Gasteiger partial charge in [0.2, 0.25) is 5.91 Å². The molecule has 2 aliphatic heterocycles. The van der Waals surface area contributed by atoms with Crippen molar-refractivity contribution in [2.75, 3.05) is 19.8 Å². The number of aliphatic hydroxyl groups excluding tert-OH is 8. The highest BCUT2D eigenvalue weighted by molar-refractivity contribution is 5.76. The Hall–Kier alpha value is -3.61. The standard InChI is InChI=1S/C84H145NO13/c1-3-5-7-9-11-13-15-17-19-21-23-25-27-29-31-33-35-36-38-40-42-44-46-48-50-52-54-56-58-60-62-64-66-68-76(89)85-72(71-95-83-81(94)79(92)82(75(70-87)97-83)98-84-80(93)78(91)77(90)74(69-86)96-84)73(88)67-65-63-61-59-57-55-53-51-49-47-45-43-41-39-37-34-32-30-28-26-24-22-20-18-16-14-12-10-8-6-4-2/h5,7,11,13,17,19,23,25,29,31,35-36,40,42,49,51,57,59,65,67,72-75,77-84,86-88,90-94H,3-4,6,8-10,12,14-16,18,20-22,24,26-28,30,32-34,37-39,41,43-48,50,52-56,58,60-64,66,68-71H2,1-2H3,(H,85,89)/b7-5-,13-11-,19-17-,25-23-,31-29-,36-35-,42-40-,51-49+,59-57+,67-65+. The molecule has 2 heterocycles. The van der Waals surface area contributed by atoms with Gasteiger partial charge in [-0.3, -0.25) is 4.79 Å². The first kappa shape index (κ1) is 90.5. The summed E-state index contributed by atoms with van der Waals surface area (Å²) >= 11 is 0. The Morgan fingerprint density at radius 2 is 0.714 bits per heavy atom. The number of carbonyl (C=O) groups excluding carboxylic acids is 1. The number of hydrogen-bond donors (Lipinski definition) is 9. The van der Waals surface area contributed by atoms with Gasteiger partial charge in [0.25, 0.3) is 0 Å². The van der Waals surface area contributed by atoms with Gasteiger partial charge in [0, 0.05) is 6.42 Å². The summed E-state index contributed by atoms with van der Waals surface area (Å²) in [4.78, 5) is 13.4. The van der Waals surface area contributed by atoms with Crippen molar-refractivity contribution in [1.29, 1.82) is 0 Å². The Labute approximate surface area is 597 Å². The predicted octanol–water partition coefficient (Wildman–Crippen LogP) is 18.0. The maximum Gasteiger partial charge on any atom is 0.220 e. The van der Waals surface area contributed by atoms with Crippen LogP contribution in [0.4, 0.5) is 0 Å². The normalized spacial score (nSPS) is 22.7. The molecule has 2 saturated heterocycles. The second-order valence-corrected chi connectivity index (χ2v) is 27.4. The topological polar surface area (TPSA) is 228 Å². The van der Waals surface area contributed by atoms with Crippen LogP contribution in [0.2, 0.25) is 0 Å². The molecule has 14 nitrogen and oxygen atoms in total. The summed E-state index contributed by atoms with van der Waals surface area (Å²) in [5.41, 5.74) is 0. The lowest BCUT2D eigenvalue weighted by Crippen LogP contribution is -2.65. The molecule has 14 heteroatoms. The summed E-state index contributed by atoms with van der Waals surface area (Å²) in [6.07, 6.45) is 81.3. The fraction of sp³-hybridized carbons (Fsp3) is 0.750. The number of carbonyl (C=O) groups is 1. The summed E-state index contributed by atoms with van der Waals surface area (Å²) in [5.74, 6) is -0.259. The quantitative estimate of drug-likeness (QED) is 0.0204. The number of aliphatic hydroxyl groups is 8. The van der Waals surface area contributed by atoms with Crippen molar-refractivity contribution < 1.29 is 64.6 Å². The van der Waals surface area contributed by atoms with E-state index < -0.39 is 86.8 Å². The van der Waals surface area contributed by atoms with Crippen molar-refractivity contribution in [2.45, 2.75) is 383 Å². The number of unbranched alkanes of at least 4 members (excludes halogenated alkanes) is 34. The van der Waals surface area contributed by atoms with Crippen LogP contribution >= 0.6 is 0 Å². The van der Waals surface area contributed by atoms with Gasteiger partial charge in [-0.2, -0.15) is 0 Å². The molecular formula is C84H145NO13. The van der Waals surface area contributed by atoms with Crippen molar-refractivity contribution in [1.82, 2.24) is 5.32 Å². The highest BCUT2D eigenvalue weighted by Crippen LogP contribution is 2.30. The minimum Gasteiger partial charge on any atom is -0.394 e. The van der Waals surface area contributed by atoms with E-state index in [0.717, 1.165) is 96.3 Å². The van der Waals surface area contributed by atoms with Crippen molar-refractivity contribution in [3.8, 4) is 0 Å². The summed E-state index contributed by atoms with van der Waals surface area (Å²) < 4.78 is 22.9. The van der Waals surface area contributed by atoms with Crippen molar-refractivity contribution >= 4 is 5.91 Å². The molecule has 1 amide bonds. The van der Waals surface area contributed by atoms with Crippen LogP contribution in [0.5, 0.6) is 0 Å². The Kier molecular flexibility index (Phi) is 61.5. The number of ether oxygens (including phenoxy) is 4. The largest absolute Gasteiger partial charge is 0.394 e. The number of rotatable bonds is 65. The third-order valence-electron chi connectivity index (χ3n) is 18.6. The van der Waals surface area contributed by atoms with Crippen LogP contribution in [0.1, 0.15) is 309 Å². The lowest BCUT2D eigenvalue weighted by molar-refractivity contribution is -0.359. The average Bonchev–Trinajstić information content (AvgIpc) is 0.793. The molecule has 0 aromatic carbocycles. The third-order valence-corrected chi connectivity index (χ3v) is 18.6. The van der Waals surface area contributed by atoms with E-state index in [1.165, 1.54) is 180 Å². The molecule has 12 atom stereocenters. The van der Waals surface area contributed by atoms with E-state index in [4.69, 9.17) is 18.9 Å². The monoisotopic (exact) mass is 1380 g/mol. The molecule has 98 heavy (non-hydrogen) atoms. The van der Waals surface area contributed by atoms with E-state index in [1.807, 2.05) is 6.08 Å². The van der Waals surface area contributed by atoms with Gasteiger partial charge in [0.05, 0.1) is 32.0 Å². The van der Waals surface area contributed by atoms with E-state index in [-0.39, 0.29) is 18.9 Å². The maximum absolute atomic E-state index is 13.4. The van der Waals surface area contributed by atoms with Gasteiger partial charge in [-0.05, 0) is 103 Å². The van der Waals surface area contributed by atoms with E-state index in [9.17, 15) is 45.6 Å². The zero-order valence-electron chi connectivity index (χ0n) is 61.7. The SMILES string of the molecule is CC/C=C\C/C=C\C/C=C\C/C=C\C/C=C\C/C=C\C/C=C\CCCCCCCCCCCCCC(=O)NC(COC1OC(CO)C(OC2OC(CO)C(O)C(O)C2O)C(O)C1O)C(O)/C=C/CC/C=C/CC/C=C/CCCCCCCCCCCCCCCCCCCCCCC. The molecule has 564 valence electrons. The summed E-state index contributed by atoms with van der Waals surface area (Å²) in [6, 6.07) is -0.950. The zero-order valence-corrected chi connectivity index (χ0v) is 61.7. The zero-order chi connectivity index (χ0) is 70.8. The highest BCUT2D eigenvalue weighted by Gasteiger charge is 2.51. The summed E-state index contributed by atoms with van der Waals surface area (Å²) in [5, 5.41) is 87.6. The lowest BCUT2D eigenvalue weighted by atomic mass is 9.97. The van der Waals surface area contributed by atoms with Gasteiger partial charge in [-0.25, -0.2) is 0 Å². The summed E-state index contributed by atoms with van der Waals surface area (Å²) in [7, 11) is 0. The molecular weight excluding hydrogens is 1230 g/mol. The van der Waals surface area contributed by atoms with E-state index in [2.05, 4.69) is 129 Å². The fourth-order valence-corrected chi connectivity index (χ4v) is 12.4. The molecule has 2 rings (SSSR count). The van der Waals surface area contributed by atoms with E-state index in [0.29, 0.717) is 12.8 Å². The molecule has 0 aromatic rings. The second kappa shape index (κ2) is 66.6. The second-order valence-electron chi connectivity index (χ2n) is 27.4. The molecule has 12 unspecified atom stereocenters. The van der Waals surface area contributed by atoms with Crippen molar-refractivity contribution in [2.24, 2.45) is 0 Å². The first-order chi connectivity index (χ1) is 48.1. The van der Waals surface area contributed by atoms with Gasteiger partial charge >= 0.3 is 0 Å². The van der Waals surface area contributed by atoms with Crippen LogP contribution in [0, 0.1) is 0 Å². The van der Waals surface area contributed by atoms with Crippen molar-refractivity contribution in [3.05, 3.63) is 122 Å². The molecule has 0 bridgehead atoms. The van der Waals surface area contributed by atoms with E-state index in [1.54, 1.807) is 6.08 Å². The van der Waals surface area contributed by atoms with Gasteiger partial charge in [0.15, 0.2) is 12.6 Å². The number of hydrogen-bond acceptors (Lipinski definition) is 13. The number of amides is 1. The molecule has 0 aromatic heterocycles. The highest BCUT2D eigenvalue weighted by atomic mass is 16.7. The minimum absolute atomic E-state index is 0.259. The molecule has 9 N–H and O–H groups in total. The number of nitrogens with one attached hydrogen (secondary N) is 1. The first-order valence-electron chi connectivity index (χ1n) is 39.8. The Morgan fingerprint density at radius 1 is 0.378 bits per heavy atom. The third kappa shape index (κ3) is 49.1. The molecule has 0 aliphatic carbocycles. The Balaban J connectivity index is 1.66. The van der Waals surface area contributed by atoms with E-state index >= 15 is 0 Å². The van der Waals surface area contributed by atoms with Crippen LogP contribution < -0.4 is 5.32 Å². The Morgan fingerprint density at radius 3 is 1.12 bits per heavy atom. The van der Waals surface area contributed by atoms with Crippen LogP contribution in [0.15, 0.2) is 122 Å². The predicted molar refractivity (Wildman–Crippen MR) is 405 cm³/mol. The van der Waals surface area contributed by atoms with Crippen molar-refractivity contribution in [3.63, 3.8) is 0 Å². The number of allylic oxidation sites excluding steroid dienone is 19. The Bertz CT molecular complexity index is 2110. The fourth-order valence-electron chi connectivity index (χ4n) is 12.4. The maximum atomic E-state index is 13.4. The first-order valence-corrected chi connectivity index (χ1v) is 39.8. The van der Waals surface area contributed by atoms with Gasteiger partial charge in [-0.15, -0.1) is 0 Å². The van der Waals surface area contributed by atoms with Gasteiger partial charge in [-0.1, -0.05) is 322 Å². The molecule has 0 saturated carbocycles. The smallest absolute Gasteiger partial charge is 0.220 e. The molecule has 0 spiro atoms.